The fourth-order valence-electron chi connectivity index (χ4n) is 1.68. The van der Waals surface area contributed by atoms with Gasteiger partial charge in [-0.05, 0) is 37.2 Å². The van der Waals surface area contributed by atoms with Crippen molar-refractivity contribution >= 4 is 0 Å². The minimum Gasteiger partial charge on any atom is -0.383 e. The molecule has 3 nitrogen and oxygen atoms in total. The van der Waals surface area contributed by atoms with Crippen molar-refractivity contribution in [3.05, 3.63) is 35.4 Å². The van der Waals surface area contributed by atoms with Gasteiger partial charge in [-0.1, -0.05) is 12.1 Å². The molecule has 1 rings (SSSR count). The summed E-state index contributed by atoms with van der Waals surface area (Å²) in [4.78, 5) is 0. The first kappa shape index (κ1) is 16.9. The van der Waals surface area contributed by atoms with Gasteiger partial charge in [-0.25, -0.2) is 0 Å². The van der Waals surface area contributed by atoms with E-state index >= 15 is 0 Å². The SMILES string of the molecule is COCCNCCCNCc1ccc(C(F)(F)F)cc1. The summed E-state index contributed by atoms with van der Waals surface area (Å²) in [6, 6.07) is 5.24. The highest BCUT2D eigenvalue weighted by Gasteiger charge is 2.29. The summed E-state index contributed by atoms with van der Waals surface area (Å²) in [6.45, 7) is 3.81. The summed E-state index contributed by atoms with van der Waals surface area (Å²) in [6.07, 6.45) is -3.30. The lowest BCUT2D eigenvalue weighted by atomic mass is 10.1. The number of hydrogen-bond acceptors (Lipinski definition) is 3. The summed E-state index contributed by atoms with van der Waals surface area (Å²) in [7, 11) is 1.66. The molecule has 0 radical (unpaired) electrons. The van der Waals surface area contributed by atoms with Gasteiger partial charge in [0.05, 0.1) is 12.2 Å². The van der Waals surface area contributed by atoms with Gasteiger partial charge in [0, 0.05) is 20.2 Å². The summed E-state index contributed by atoms with van der Waals surface area (Å²) in [5.41, 5.74) is 0.244. The van der Waals surface area contributed by atoms with Crippen molar-refractivity contribution < 1.29 is 17.9 Å². The number of hydrogen-bond donors (Lipinski definition) is 2. The maximum Gasteiger partial charge on any atom is 0.416 e. The van der Waals surface area contributed by atoms with Gasteiger partial charge in [0.2, 0.25) is 0 Å². The minimum absolute atomic E-state index is 0.580. The molecule has 0 saturated carbocycles. The fourth-order valence-corrected chi connectivity index (χ4v) is 1.68. The lowest BCUT2D eigenvalue weighted by molar-refractivity contribution is -0.137. The molecule has 0 unspecified atom stereocenters. The maximum absolute atomic E-state index is 12.4. The van der Waals surface area contributed by atoms with Crippen LogP contribution in [0.4, 0.5) is 13.2 Å². The van der Waals surface area contributed by atoms with Crippen molar-refractivity contribution in [3.63, 3.8) is 0 Å². The first-order chi connectivity index (χ1) is 9.54. The Hall–Kier alpha value is -1.11. The summed E-state index contributed by atoms with van der Waals surface area (Å²) in [5.74, 6) is 0. The van der Waals surface area contributed by atoms with Gasteiger partial charge < -0.3 is 15.4 Å². The molecule has 0 aliphatic rings. The zero-order chi connectivity index (χ0) is 14.8. The molecule has 114 valence electrons. The molecule has 0 aliphatic heterocycles. The highest BCUT2D eigenvalue weighted by atomic mass is 19.4. The Morgan fingerprint density at radius 3 is 2.25 bits per heavy atom. The van der Waals surface area contributed by atoms with E-state index in [9.17, 15) is 13.2 Å². The molecule has 0 bridgehead atoms. The number of nitrogens with one attached hydrogen (secondary N) is 2. The van der Waals surface area contributed by atoms with Crippen molar-refractivity contribution in [1.82, 2.24) is 10.6 Å². The third-order valence-electron chi connectivity index (χ3n) is 2.80. The van der Waals surface area contributed by atoms with Crippen molar-refractivity contribution in [3.8, 4) is 0 Å². The van der Waals surface area contributed by atoms with Crippen molar-refractivity contribution in [2.75, 3.05) is 33.4 Å². The Morgan fingerprint density at radius 2 is 1.65 bits per heavy atom. The normalized spacial score (nSPS) is 11.8. The Bertz CT molecular complexity index is 366. The highest BCUT2D eigenvalue weighted by Crippen LogP contribution is 2.28. The van der Waals surface area contributed by atoms with E-state index in [4.69, 9.17) is 4.74 Å². The number of benzene rings is 1. The van der Waals surface area contributed by atoms with Crippen molar-refractivity contribution in [2.45, 2.75) is 19.1 Å². The van der Waals surface area contributed by atoms with Gasteiger partial charge in [0.25, 0.3) is 0 Å². The summed E-state index contributed by atoms with van der Waals surface area (Å²) < 4.78 is 42.0. The van der Waals surface area contributed by atoms with Crippen LogP contribution in [0.5, 0.6) is 0 Å². The van der Waals surface area contributed by atoms with E-state index in [0.717, 1.165) is 43.8 Å². The second-order valence-corrected chi connectivity index (χ2v) is 4.47. The Labute approximate surface area is 117 Å². The standard InChI is InChI=1S/C14H21F3N2O/c1-20-10-9-18-7-2-8-19-11-12-3-5-13(6-4-12)14(15,16)17/h3-6,18-19H,2,7-11H2,1H3. The Morgan fingerprint density at radius 1 is 1.00 bits per heavy atom. The summed E-state index contributed by atoms with van der Waals surface area (Å²) in [5, 5.41) is 6.42. The van der Waals surface area contributed by atoms with E-state index in [1.807, 2.05) is 0 Å². The predicted molar refractivity (Wildman–Crippen MR) is 72.5 cm³/mol. The van der Waals surface area contributed by atoms with Crippen LogP contribution in [0.2, 0.25) is 0 Å². The zero-order valence-corrected chi connectivity index (χ0v) is 11.6. The fraction of sp³-hybridized carbons (Fsp3) is 0.571. The zero-order valence-electron chi connectivity index (χ0n) is 11.6. The number of methoxy groups -OCH3 is 1. The third kappa shape index (κ3) is 6.88. The lowest BCUT2D eigenvalue weighted by Gasteiger charge is -2.09. The number of rotatable bonds is 9. The van der Waals surface area contributed by atoms with Gasteiger partial charge in [-0.2, -0.15) is 13.2 Å². The van der Waals surface area contributed by atoms with Gasteiger partial charge in [-0.15, -0.1) is 0 Å². The molecule has 0 aromatic heterocycles. The summed E-state index contributed by atoms with van der Waals surface area (Å²) >= 11 is 0. The monoisotopic (exact) mass is 290 g/mol. The van der Waals surface area contributed by atoms with Crippen LogP contribution in [0, 0.1) is 0 Å². The van der Waals surface area contributed by atoms with Gasteiger partial charge in [-0.3, -0.25) is 0 Å². The van der Waals surface area contributed by atoms with Gasteiger partial charge >= 0.3 is 6.18 Å². The van der Waals surface area contributed by atoms with Crippen molar-refractivity contribution in [2.24, 2.45) is 0 Å². The predicted octanol–water partition coefficient (Wildman–Crippen LogP) is 2.42. The van der Waals surface area contributed by atoms with E-state index in [-0.39, 0.29) is 0 Å². The Kier molecular flexibility index (Phi) is 7.58. The van der Waals surface area contributed by atoms with Crippen LogP contribution in [-0.2, 0) is 17.5 Å². The van der Waals surface area contributed by atoms with E-state index in [1.165, 1.54) is 12.1 Å². The van der Waals surface area contributed by atoms with Crippen LogP contribution in [-0.4, -0.2) is 33.4 Å². The van der Waals surface area contributed by atoms with E-state index in [0.29, 0.717) is 13.2 Å². The van der Waals surface area contributed by atoms with Gasteiger partial charge in [0.15, 0.2) is 0 Å². The number of halogens is 3. The largest absolute Gasteiger partial charge is 0.416 e. The molecule has 1 aromatic rings. The smallest absolute Gasteiger partial charge is 0.383 e. The molecule has 20 heavy (non-hydrogen) atoms. The molecule has 6 heteroatoms. The highest BCUT2D eigenvalue weighted by molar-refractivity contribution is 5.24. The molecular weight excluding hydrogens is 269 g/mol. The van der Waals surface area contributed by atoms with Crippen LogP contribution in [0.15, 0.2) is 24.3 Å². The molecule has 0 spiro atoms. The van der Waals surface area contributed by atoms with E-state index < -0.39 is 11.7 Å². The molecule has 0 saturated heterocycles. The first-order valence-electron chi connectivity index (χ1n) is 6.60. The lowest BCUT2D eigenvalue weighted by Crippen LogP contribution is -2.24. The molecule has 1 aromatic carbocycles. The molecular formula is C14H21F3N2O. The average molecular weight is 290 g/mol. The van der Waals surface area contributed by atoms with Crippen LogP contribution >= 0.6 is 0 Å². The first-order valence-corrected chi connectivity index (χ1v) is 6.60. The number of alkyl halides is 3. The molecule has 0 atom stereocenters. The topological polar surface area (TPSA) is 33.3 Å². The minimum atomic E-state index is -4.26. The average Bonchev–Trinajstić information content (AvgIpc) is 2.41. The molecule has 0 amide bonds. The molecule has 0 fully saturated rings. The number of ether oxygens (including phenoxy) is 1. The molecule has 0 aliphatic carbocycles. The molecule has 2 N–H and O–H groups in total. The second kappa shape index (κ2) is 8.94. The van der Waals surface area contributed by atoms with Crippen LogP contribution in [0.3, 0.4) is 0 Å². The van der Waals surface area contributed by atoms with E-state index in [2.05, 4.69) is 10.6 Å². The van der Waals surface area contributed by atoms with Crippen LogP contribution < -0.4 is 10.6 Å². The quantitative estimate of drug-likeness (QED) is 0.685. The third-order valence-corrected chi connectivity index (χ3v) is 2.80. The van der Waals surface area contributed by atoms with Crippen molar-refractivity contribution in [1.29, 1.82) is 0 Å². The van der Waals surface area contributed by atoms with Crippen LogP contribution in [0.1, 0.15) is 17.5 Å². The van der Waals surface area contributed by atoms with Crippen LogP contribution in [0.25, 0.3) is 0 Å². The second-order valence-electron chi connectivity index (χ2n) is 4.47. The van der Waals surface area contributed by atoms with E-state index in [1.54, 1.807) is 7.11 Å². The molecule has 0 heterocycles. The Balaban J connectivity index is 2.13. The maximum atomic E-state index is 12.4. The van der Waals surface area contributed by atoms with Gasteiger partial charge in [0.1, 0.15) is 0 Å².